The quantitative estimate of drug-likeness (QED) is 0.594. The van der Waals surface area contributed by atoms with Gasteiger partial charge in [0, 0.05) is 41.5 Å². The largest absolute Gasteiger partial charge is 0.383 e. The third-order valence-electron chi connectivity index (χ3n) is 4.05. The molecule has 6 nitrogen and oxygen atoms in total. The SMILES string of the molecule is N#Cc1c(-c2cc(F)ccc2-n2cccn2)cc(-c2cc[nH]c2)nc1N. The van der Waals surface area contributed by atoms with Crippen LogP contribution in [0.2, 0.25) is 0 Å². The molecule has 0 amide bonds. The summed E-state index contributed by atoms with van der Waals surface area (Å²) in [6, 6.07) is 11.8. The van der Waals surface area contributed by atoms with E-state index < -0.39 is 5.82 Å². The molecule has 0 fully saturated rings. The molecule has 0 atom stereocenters. The van der Waals surface area contributed by atoms with Gasteiger partial charge in [-0.2, -0.15) is 10.4 Å². The summed E-state index contributed by atoms with van der Waals surface area (Å²) in [6.07, 6.45) is 6.92. The van der Waals surface area contributed by atoms with Gasteiger partial charge in [0.05, 0.1) is 11.4 Å². The van der Waals surface area contributed by atoms with Gasteiger partial charge in [0.2, 0.25) is 0 Å². The van der Waals surface area contributed by atoms with E-state index in [1.54, 1.807) is 47.7 Å². The number of nitrogens with two attached hydrogens (primary N) is 1. The van der Waals surface area contributed by atoms with Gasteiger partial charge in [-0.05, 0) is 36.4 Å². The number of aromatic amines is 1. The Morgan fingerprint density at radius 2 is 2.08 bits per heavy atom. The first-order chi connectivity index (χ1) is 12.7. The first-order valence-corrected chi connectivity index (χ1v) is 7.81. The van der Waals surface area contributed by atoms with Gasteiger partial charge in [0.1, 0.15) is 23.3 Å². The topological polar surface area (TPSA) is 96.3 Å². The highest BCUT2D eigenvalue weighted by molar-refractivity contribution is 5.84. The predicted molar refractivity (Wildman–Crippen MR) is 95.7 cm³/mol. The van der Waals surface area contributed by atoms with Crippen molar-refractivity contribution in [3.63, 3.8) is 0 Å². The summed E-state index contributed by atoms with van der Waals surface area (Å²) in [7, 11) is 0. The Labute approximate surface area is 148 Å². The van der Waals surface area contributed by atoms with E-state index in [2.05, 4.69) is 21.1 Å². The summed E-state index contributed by atoms with van der Waals surface area (Å²) in [5, 5.41) is 13.8. The molecule has 3 N–H and O–H groups in total. The van der Waals surface area contributed by atoms with E-state index in [4.69, 9.17) is 5.73 Å². The number of pyridine rings is 1. The average molecular weight is 344 g/mol. The molecule has 3 aromatic heterocycles. The van der Waals surface area contributed by atoms with Gasteiger partial charge < -0.3 is 10.7 Å². The predicted octanol–water partition coefficient (Wildman–Crippen LogP) is 3.52. The minimum absolute atomic E-state index is 0.0943. The maximum Gasteiger partial charge on any atom is 0.142 e. The highest BCUT2D eigenvalue weighted by Crippen LogP contribution is 2.34. The van der Waals surface area contributed by atoms with Crippen LogP contribution in [0.3, 0.4) is 0 Å². The lowest BCUT2D eigenvalue weighted by molar-refractivity contribution is 0.627. The van der Waals surface area contributed by atoms with E-state index in [-0.39, 0.29) is 11.4 Å². The van der Waals surface area contributed by atoms with Gasteiger partial charge in [-0.1, -0.05) is 0 Å². The van der Waals surface area contributed by atoms with Gasteiger partial charge in [0.15, 0.2) is 0 Å². The molecule has 0 aliphatic rings. The smallest absolute Gasteiger partial charge is 0.142 e. The molecule has 3 heterocycles. The van der Waals surface area contributed by atoms with Crippen LogP contribution in [-0.4, -0.2) is 19.7 Å². The van der Waals surface area contributed by atoms with Crippen LogP contribution in [-0.2, 0) is 0 Å². The molecule has 26 heavy (non-hydrogen) atoms. The Hall–Kier alpha value is -3.92. The number of anilines is 1. The van der Waals surface area contributed by atoms with Crippen LogP contribution in [0.5, 0.6) is 0 Å². The molecule has 7 heteroatoms. The third-order valence-corrected chi connectivity index (χ3v) is 4.05. The first-order valence-electron chi connectivity index (χ1n) is 7.81. The second-order valence-corrected chi connectivity index (χ2v) is 5.64. The standard InChI is InChI=1S/C19H13FN6/c20-13-2-3-18(26-7-1-5-24-26)15(8-13)14-9-17(12-4-6-23-11-12)25-19(22)16(14)10-21/h1-9,11,23H,(H2,22,25). The van der Waals surface area contributed by atoms with E-state index in [0.29, 0.717) is 22.5 Å². The van der Waals surface area contributed by atoms with Crippen molar-refractivity contribution in [3.8, 4) is 34.1 Å². The minimum atomic E-state index is -0.418. The molecule has 0 bridgehead atoms. The number of nitrogens with one attached hydrogen (secondary N) is 1. The number of hydrogen-bond acceptors (Lipinski definition) is 4. The van der Waals surface area contributed by atoms with Crippen molar-refractivity contribution in [3.05, 3.63) is 72.6 Å². The number of nitrogens with zero attached hydrogens (tertiary/aromatic N) is 4. The Morgan fingerprint density at radius 1 is 1.19 bits per heavy atom. The van der Waals surface area contributed by atoms with Crippen LogP contribution in [0.4, 0.5) is 10.2 Å². The zero-order valence-corrected chi connectivity index (χ0v) is 13.5. The summed E-state index contributed by atoms with van der Waals surface area (Å²) in [5.74, 6) is -0.324. The fourth-order valence-electron chi connectivity index (χ4n) is 2.86. The Morgan fingerprint density at radius 3 is 2.77 bits per heavy atom. The van der Waals surface area contributed by atoms with E-state index in [1.807, 2.05) is 6.07 Å². The summed E-state index contributed by atoms with van der Waals surface area (Å²) in [4.78, 5) is 7.26. The first kappa shape index (κ1) is 15.6. The molecular formula is C19H13FN6. The fraction of sp³-hybridized carbons (Fsp3) is 0. The lowest BCUT2D eigenvalue weighted by Gasteiger charge is -2.14. The zero-order valence-electron chi connectivity index (χ0n) is 13.5. The Bertz CT molecular complexity index is 1110. The lowest BCUT2D eigenvalue weighted by atomic mass is 9.97. The molecule has 0 radical (unpaired) electrons. The molecule has 1 aromatic carbocycles. The number of nitriles is 1. The number of aromatic nitrogens is 4. The monoisotopic (exact) mass is 344 g/mol. The molecule has 0 aliphatic heterocycles. The maximum absolute atomic E-state index is 14.0. The molecule has 0 unspecified atom stereocenters. The number of halogens is 1. The molecule has 4 aromatic rings. The van der Waals surface area contributed by atoms with E-state index in [9.17, 15) is 9.65 Å². The van der Waals surface area contributed by atoms with Crippen molar-refractivity contribution >= 4 is 5.82 Å². The number of H-pyrrole nitrogens is 1. The van der Waals surface area contributed by atoms with E-state index in [0.717, 1.165) is 5.56 Å². The van der Waals surface area contributed by atoms with Crippen molar-refractivity contribution in [1.82, 2.24) is 19.7 Å². The number of rotatable bonds is 3. The van der Waals surface area contributed by atoms with E-state index >= 15 is 0 Å². The van der Waals surface area contributed by atoms with Crippen LogP contribution in [0.25, 0.3) is 28.1 Å². The minimum Gasteiger partial charge on any atom is -0.383 e. The van der Waals surface area contributed by atoms with Crippen LogP contribution < -0.4 is 5.73 Å². The van der Waals surface area contributed by atoms with Gasteiger partial charge in [-0.3, -0.25) is 0 Å². The van der Waals surface area contributed by atoms with E-state index in [1.165, 1.54) is 12.1 Å². The number of nitrogen functional groups attached to an aromatic ring is 1. The summed E-state index contributed by atoms with van der Waals surface area (Å²) in [6.45, 7) is 0. The molecule has 0 saturated carbocycles. The molecule has 4 rings (SSSR count). The van der Waals surface area contributed by atoms with Crippen molar-refractivity contribution < 1.29 is 4.39 Å². The van der Waals surface area contributed by atoms with Crippen molar-refractivity contribution in [1.29, 1.82) is 5.26 Å². The molecule has 0 spiro atoms. The van der Waals surface area contributed by atoms with Crippen LogP contribution in [0.1, 0.15) is 5.56 Å². The maximum atomic E-state index is 14.0. The van der Waals surface area contributed by atoms with Gasteiger partial charge in [-0.15, -0.1) is 0 Å². The van der Waals surface area contributed by atoms with Gasteiger partial charge in [-0.25, -0.2) is 14.1 Å². The van der Waals surface area contributed by atoms with Crippen molar-refractivity contribution in [2.75, 3.05) is 5.73 Å². The van der Waals surface area contributed by atoms with Crippen LogP contribution in [0.15, 0.2) is 61.2 Å². The number of benzene rings is 1. The normalized spacial score (nSPS) is 10.6. The Balaban J connectivity index is 2.02. The van der Waals surface area contributed by atoms with Crippen LogP contribution >= 0.6 is 0 Å². The highest BCUT2D eigenvalue weighted by atomic mass is 19.1. The molecule has 0 aliphatic carbocycles. The summed E-state index contributed by atoms with van der Waals surface area (Å²) in [5.41, 5.74) is 9.28. The summed E-state index contributed by atoms with van der Waals surface area (Å²) < 4.78 is 15.6. The second kappa shape index (κ2) is 6.18. The molecule has 126 valence electrons. The average Bonchev–Trinajstić information content (AvgIpc) is 3.34. The van der Waals surface area contributed by atoms with Crippen molar-refractivity contribution in [2.45, 2.75) is 0 Å². The Kier molecular flexibility index (Phi) is 3.71. The molecule has 0 saturated heterocycles. The highest BCUT2D eigenvalue weighted by Gasteiger charge is 2.18. The summed E-state index contributed by atoms with van der Waals surface area (Å²) >= 11 is 0. The fourth-order valence-corrected chi connectivity index (χ4v) is 2.86. The zero-order chi connectivity index (χ0) is 18.1. The van der Waals surface area contributed by atoms with Crippen molar-refractivity contribution in [2.24, 2.45) is 0 Å². The van der Waals surface area contributed by atoms with Gasteiger partial charge in [0.25, 0.3) is 0 Å². The third kappa shape index (κ3) is 2.59. The van der Waals surface area contributed by atoms with Crippen LogP contribution in [0, 0.1) is 17.1 Å². The lowest BCUT2D eigenvalue weighted by Crippen LogP contribution is -2.03. The van der Waals surface area contributed by atoms with Gasteiger partial charge >= 0.3 is 0 Å². The number of hydrogen-bond donors (Lipinski definition) is 2. The molecular weight excluding hydrogens is 331 g/mol. The second-order valence-electron chi connectivity index (χ2n) is 5.64.